The number of amides is 2. The van der Waals surface area contributed by atoms with Gasteiger partial charge in [0.05, 0.1) is 12.8 Å². The first-order valence-electron chi connectivity index (χ1n) is 10.5. The highest BCUT2D eigenvalue weighted by Crippen LogP contribution is 2.26. The predicted octanol–water partition coefficient (Wildman–Crippen LogP) is 5.89. The Morgan fingerprint density at radius 1 is 0.909 bits per heavy atom. The summed E-state index contributed by atoms with van der Waals surface area (Å²) in [4.78, 5) is 29.7. The van der Waals surface area contributed by atoms with Crippen molar-refractivity contribution in [3.63, 3.8) is 0 Å². The van der Waals surface area contributed by atoms with Gasteiger partial charge in [-0.25, -0.2) is 4.98 Å². The van der Waals surface area contributed by atoms with Crippen molar-refractivity contribution in [2.24, 2.45) is 0 Å². The monoisotopic (exact) mass is 457 g/mol. The van der Waals surface area contributed by atoms with Crippen LogP contribution in [0.15, 0.2) is 78.2 Å². The molecule has 0 aliphatic heterocycles. The molecule has 0 atom stereocenters. The van der Waals surface area contributed by atoms with Crippen molar-refractivity contribution in [3.8, 4) is 16.3 Å². The van der Waals surface area contributed by atoms with Crippen LogP contribution < -0.4 is 15.4 Å². The Balaban J connectivity index is 1.40. The third-order valence-corrected chi connectivity index (χ3v) is 6.00. The van der Waals surface area contributed by atoms with Gasteiger partial charge < -0.3 is 15.4 Å². The van der Waals surface area contributed by atoms with Gasteiger partial charge in [0.2, 0.25) is 0 Å². The maximum atomic E-state index is 12.6. The van der Waals surface area contributed by atoms with E-state index < -0.39 is 0 Å². The molecular weight excluding hydrogens is 434 g/mol. The predicted molar refractivity (Wildman–Crippen MR) is 132 cm³/mol. The normalized spacial score (nSPS) is 10.5. The summed E-state index contributed by atoms with van der Waals surface area (Å²) < 4.78 is 5.26. The maximum absolute atomic E-state index is 12.6. The molecule has 0 radical (unpaired) electrons. The molecule has 1 aromatic heterocycles. The van der Waals surface area contributed by atoms with Gasteiger partial charge in [-0.2, -0.15) is 0 Å². The highest BCUT2D eigenvalue weighted by Gasteiger charge is 2.13. The van der Waals surface area contributed by atoms with Gasteiger partial charge in [-0.3, -0.25) is 9.59 Å². The Bertz CT molecular complexity index is 1260. The second-order valence-electron chi connectivity index (χ2n) is 7.27. The summed E-state index contributed by atoms with van der Waals surface area (Å²) >= 11 is 1.43. The molecule has 3 aromatic carbocycles. The Kier molecular flexibility index (Phi) is 6.80. The van der Waals surface area contributed by atoms with Crippen molar-refractivity contribution in [2.45, 2.75) is 13.3 Å². The summed E-state index contributed by atoms with van der Waals surface area (Å²) in [5.41, 5.74) is 4.23. The average Bonchev–Trinajstić information content (AvgIpc) is 3.35. The molecule has 0 saturated carbocycles. The minimum absolute atomic E-state index is 0.268. The van der Waals surface area contributed by atoms with Gasteiger partial charge in [0.25, 0.3) is 11.8 Å². The number of para-hydroxylation sites is 2. The molecule has 0 unspecified atom stereocenters. The molecular formula is C26H23N3O3S. The number of thiazole rings is 1. The number of methoxy groups -OCH3 is 1. The first kappa shape index (κ1) is 22.2. The van der Waals surface area contributed by atoms with Crippen LogP contribution in [-0.2, 0) is 6.42 Å². The second-order valence-corrected chi connectivity index (χ2v) is 8.13. The van der Waals surface area contributed by atoms with Gasteiger partial charge in [0.1, 0.15) is 16.5 Å². The molecule has 4 aromatic rings. The Labute approximate surface area is 196 Å². The van der Waals surface area contributed by atoms with Crippen LogP contribution in [0.25, 0.3) is 10.6 Å². The molecule has 166 valence electrons. The number of rotatable bonds is 7. The smallest absolute Gasteiger partial charge is 0.275 e. The number of hydrogen-bond acceptors (Lipinski definition) is 5. The lowest BCUT2D eigenvalue weighted by Crippen LogP contribution is -2.14. The number of hydrogen-bond donors (Lipinski definition) is 2. The lowest BCUT2D eigenvalue weighted by Gasteiger charge is -2.10. The van der Waals surface area contributed by atoms with Crippen LogP contribution in [0.1, 0.15) is 33.3 Å². The van der Waals surface area contributed by atoms with E-state index in [1.807, 2.05) is 24.3 Å². The topological polar surface area (TPSA) is 80.3 Å². The number of aromatic nitrogens is 1. The number of nitrogens with one attached hydrogen (secondary N) is 2. The standard InChI is InChI=1S/C26H23N3O3S/c1-3-17-8-10-19(11-9-17)26-29-22(16-33-26)25(31)27-20-14-12-18(13-15-20)24(30)28-21-6-4-5-7-23(21)32-2/h4-16H,3H2,1-2H3,(H,27,31)(H,28,30). The largest absolute Gasteiger partial charge is 0.495 e. The summed E-state index contributed by atoms with van der Waals surface area (Å²) in [6.45, 7) is 2.11. The van der Waals surface area contributed by atoms with Gasteiger partial charge in [-0.1, -0.05) is 43.3 Å². The summed E-state index contributed by atoms with van der Waals surface area (Å²) in [6.07, 6.45) is 0.979. The molecule has 4 rings (SSSR count). The molecule has 2 amide bonds. The van der Waals surface area contributed by atoms with Crippen LogP contribution in [0.4, 0.5) is 11.4 Å². The van der Waals surface area contributed by atoms with Crippen molar-refractivity contribution >= 4 is 34.5 Å². The SMILES string of the molecule is CCc1ccc(-c2nc(C(=O)Nc3ccc(C(=O)Nc4ccccc4OC)cc3)cs2)cc1. The van der Waals surface area contributed by atoms with Crippen LogP contribution in [0, 0.1) is 0 Å². The van der Waals surface area contributed by atoms with E-state index in [4.69, 9.17) is 4.74 Å². The zero-order valence-electron chi connectivity index (χ0n) is 18.3. The molecule has 0 fully saturated rings. The molecule has 0 aliphatic rings. The van der Waals surface area contributed by atoms with Crippen molar-refractivity contribution in [2.75, 3.05) is 17.7 Å². The Morgan fingerprint density at radius 2 is 1.64 bits per heavy atom. The summed E-state index contributed by atoms with van der Waals surface area (Å²) in [6, 6.07) is 22.1. The van der Waals surface area contributed by atoms with E-state index in [9.17, 15) is 9.59 Å². The molecule has 0 spiro atoms. The van der Waals surface area contributed by atoms with Crippen molar-refractivity contribution in [1.82, 2.24) is 4.98 Å². The lowest BCUT2D eigenvalue weighted by atomic mass is 10.1. The van der Waals surface area contributed by atoms with Crippen LogP contribution in [0.3, 0.4) is 0 Å². The van der Waals surface area contributed by atoms with Crippen LogP contribution in [-0.4, -0.2) is 23.9 Å². The zero-order valence-corrected chi connectivity index (χ0v) is 19.1. The van der Waals surface area contributed by atoms with E-state index in [-0.39, 0.29) is 11.8 Å². The number of nitrogens with zero attached hydrogens (tertiary/aromatic N) is 1. The van der Waals surface area contributed by atoms with E-state index in [1.165, 1.54) is 16.9 Å². The molecule has 33 heavy (non-hydrogen) atoms. The van der Waals surface area contributed by atoms with Gasteiger partial charge in [-0.05, 0) is 48.4 Å². The quantitative estimate of drug-likeness (QED) is 0.363. The summed E-state index contributed by atoms with van der Waals surface area (Å²) in [5, 5.41) is 8.20. The number of anilines is 2. The molecule has 6 nitrogen and oxygen atoms in total. The molecule has 2 N–H and O–H groups in total. The third kappa shape index (κ3) is 5.27. The third-order valence-electron chi connectivity index (χ3n) is 5.11. The van der Waals surface area contributed by atoms with E-state index in [0.717, 1.165) is 17.0 Å². The van der Waals surface area contributed by atoms with Crippen molar-refractivity contribution in [3.05, 3.63) is 95.0 Å². The Morgan fingerprint density at radius 3 is 2.33 bits per heavy atom. The van der Waals surface area contributed by atoms with Crippen LogP contribution >= 0.6 is 11.3 Å². The van der Waals surface area contributed by atoms with E-state index in [1.54, 1.807) is 48.9 Å². The average molecular weight is 458 g/mol. The Hall–Kier alpha value is -3.97. The molecule has 1 heterocycles. The number of carbonyl (C=O) groups is 2. The first-order valence-corrected chi connectivity index (χ1v) is 11.4. The second kappa shape index (κ2) is 10.1. The number of aryl methyl sites for hydroxylation is 1. The zero-order chi connectivity index (χ0) is 23.2. The van der Waals surface area contributed by atoms with Gasteiger partial charge in [0, 0.05) is 22.2 Å². The van der Waals surface area contributed by atoms with E-state index in [2.05, 4.69) is 34.7 Å². The van der Waals surface area contributed by atoms with E-state index in [0.29, 0.717) is 28.4 Å². The van der Waals surface area contributed by atoms with Gasteiger partial charge >= 0.3 is 0 Å². The molecule has 0 aliphatic carbocycles. The fourth-order valence-corrected chi connectivity index (χ4v) is 4.04. The van der Waals surface area contributed by atoms with Crippen molar-refractivity contribution < 1.29 is 14.3 Å². The molecule has 0 bridgehead atoms. The highest BCUT2D eigenvalue weighted by molar-refractivity contribution is 7.13. The minimum Gasteiger partial charge on any atom is -0.495 e. The summed E-state index contributed by atoms with van der Waals surface area (Å²) in [5.74, 6) is 0.0168. The van der Waals surface area contributed by atoms with Crippen molar-refractivity contribution in [1.29, 1.82) is 0 Å². The van der Waals surface area contributed by atoms with E-state index >= 15 is 0 Å². The molecule has 7 heteroatoms. The fourth-order valence-electron chi connectivity index (χ4n) is 3.24. The number of benzene rings is 3. The van der Waals surface area contributed by atoms with Crippen LogP contribution in [0.2, 0.25) is 0 Å². The van der Waals surface area contributed by atoms with Gasteiger partial charge in [0.15, 0.2) is 0 Å². The maximum Gasteiger partial charge on any atom is 0.275 e. The fraction of sp³-hybridized carbons (Fsp3) is 0.115. The number of ether oxygens (including phenoxy) is 1. The highest BCUT2D eigenvalue weighted by atomic mass is 32.1. The first-order chi connectivity index (χ1) is 16.1. The van der Waals surface area contributed by atoms with Crippen LogP contribution in [0.5, 0.6) is 5.75 Å². The number of carbonyl (C=O) groups excluding carboxylic acids is 2. The minimum atomic E-state index is -0.297. The van der Waals surface area contributed by atoms with Gasteiger partial charge in [-0.15, -0.1) is 11.3 Å². The molecule has 0 saturated heterocycles. The lowest BCUT2D eigenvalue weighted by molar-refractivity contribution is 0.101. The summed E-state index contributed by atoms with van der Waals surface area (Å²) in [7, 11) is 1.55.